The summed E-state index contributed by atoms with van der Waals surface area (Å²) in [7, 11) is 1.30. The number of esters is 1. The number of carbonyl (C=O) groups is 2. The summed E-state index contributed by atoms with van der Waals surface area (Å²) in [6, 6.07) is -0.643. The Balaban J connectivity index is 2.56. The minimum Gasteiger partial charge on any atom is -0.467 e. The molecular weight excluding hydrogens is 210 g/mol. The zero-order valence-electron chi connectivity index (χ0n) is 9.64. The van der Waals surface area contributed by atoms with Crippen LogP contribution < -0.4 is 0 Å². The van der Waals surface area contributed by atoms with Gasteiger partial charge >= 0.3 is 12.1 Å². The Labute approximate surface area is 95.0 Å². The number of hydrogen-bond donors (Lipinski definition) is 0. The van der Waals surface area contributed by atoms with E-state index in [-0.39, 0.29) is 6.61 Å². The molecule has 0 bridgehead atoms. The summed E-state index contributed by atoms with van der Waals surface area (Å²) >= 11 is 0. The molecule has 90 valence electrons. The average molecular weight is 227 g/mol. The van der Waals surface area contributed by atoms with Crippen LogP contribution in [0.1, 0.15) is 26.2 Å². The van der Waals surface area contributed by atoms with Gasteiger partial charge in [0.1, 0.15) is 6.61 Å². The third-order valence-electron chi connectivity index (χ3n) is 2.37. The Bertz CT molecular complexity index is 288. The topological polar surface area (TPSA) is 55.8 Å². The maximum atomic E-state index is 11.3. The van der Waals surface area contributed by atoms with Gasteiger partial charge in [0.2, 0.25) is 0 Å². The van der Waals surface area contributed by atoms with Gasteiger partial charge in [-0.25, -0.2) is 9.59 Å². The molecule has 0 spiro atoms. The van der Waals surface area contributed by atoms with Gasteiger partial charge in [0.15, 0.2) is 6.04 Å². The standard InChI is InChI=1S/C11H17NO4/c1-3-4-5-6-7-12-9(10(13)15-2)8-16-11(12)14/h6-7,9H,3-5,8H2,1-2H3/b7-6+/t9-/m0/s1. The molecule has 16 heavy (non-hydrogen) atoms. The minimum atomic E-state index is -0.643. The molecule has 1 aliphatic heterocycles. The molecule has 1 fully saturated rings. The Hall–Kier alpha value is -1.52. The number of ether oxygens (including phenoxy) is 2. The van der Waals surface area contributed by atoms with E-state index >= 15 is 0 Å². The van der Waals surface area contributed by atoms with Gasteiger partial charge in [0.25, 0.3) is 0 Å². The molecule has 0 N–H and O–H groups in total. The highest BCUT2D eigenvalue weighted by atomic mass is 16.6. The van der Waals surface area contributed by atoms with E-state index in [1.165, 1.54) is 12.0 Å². The first kappa shape index (κ1) is 12.5. The summed E-state index contributed by atoms with van der Waals surface area (Å²) < 4.78 is 9.39. The Kier molecular flexibility index (Phi) is 4.82. The lowest BCUT2D eigenvalue weighted by atomic mass is 10.2. The SMILES string of the molecule is CCCC/C=C/N1C(=O)OC[C@H]1C(=O)OC. The zero-order chi connectivity index (χ0) is 12.0. The molecule has 1 aliphatic rings. The third-order valence-corrected chi connectivity index (χ3v) is 2.37. The average Bonchev–Trinajstić information content (AvgIpc) is 2.65. The molecule has 1 amide bonds. The molecule has 0 aromatic heterocycles. The van der Waals surface area contributed by atoms with Crippen LogP contribution in [0, 0.1) is 0 Å². The number of hydrogen-bond acceptors (Lipinski definition) is 4. The van der Waals surface area contributed by atoms with E-state index in [4.69, 9.17) is 4.74 Å². The zero-order valence-corrected chi connectivity index (χ0v) is 9.64. The summed E-state index contributed by atoms with van der Waals surface area (Å²) in [6.07, 6.45) is 6.01. The van der Waals surface area contributed by atoms with Gasteiger partial charge in [-0.1, -0.05) is 25.8 Å². The normalized spacial score (nSPS) is 20.2. The van der Waals surface area contributed by atoms with E-state index in [9.17, 15) is 9.59 Å². The van der Waals surface area contributed by atoms with E-state index in [2.05, 4.69) is 11.7 Å². The van der Waals surface area contributed by atoms with Crippen LogP contribution in [-0.2, 0) is 14.3 Å². The Morgan fingerprint density at radius 1 is 1.69 bits per heavy atom. The quantitative estimate of drug-likeness (QED) is 0.529. The minimum absolute atomic E-state index is 0.0592. The molecule has 0 saturated carbocycles. The number of allylic oxidation sites excluding steroid dienone is 1. The lowest BCUT2D eigenvalue weighted by Crippen LogP contribution is -2.36. The van der Waals surface area contributed by atoms with E-state index in [0.717, 1.165) is 19.3 Å². The lowest BCUT2D eigenvalue weighted by molar-refractivity contribution is -0.144. The summed E-state index contributed by atoms with van der Waals surface area (Å²) in [5.41, 5.74) is 0. The summed E-state index contributed by atoms with van der Waals surface area (Å²) in [4.78, 5) is 23.9. The van der Waals surface area contributed by atoms with Crippen molar-refractivity contribution < 1.29 is 19.1 Å². The molecular formula is C11H17NO4. The molecule has 0 aliphatic carbocycles. The predicted molar refractivity (Wildman–Crippen MR) is 57.7 cm³/mol. The summed E-state index contributed by atoms with van der Waals surface area (Å²) in [5, 5.41) is 0. The van der Waals surface area contributed by atoms with Crippen molar-refractivity contribution in [1.29, 1.82) is 0 Å². The molecule has 0 radical (unpaired) electrons. The molecule has 1 saturated heterocycles. The number of carbonyl (C=O) groups excluding carboxylic acids is 2. The van der Waals surface area contributed by atoms with Crippen LogP contribution in [0.25, 0.3) is 0 Å². The smallest absolute Gasteiger partial charge is 0.414 e. The van der Waals surface area contributed by atoms with Crippen molar-refractivity contribution >= 4 is 12.1 Å². The van der Waals surface area contributed by atoms with Crippen LogP contribution in [0.4, 0.5) is 4.79 Å². The number of rotatable bonds is 5. The van der Waals surface area contributed by atoms with Crippen LogP contribution in [0.15, 0.2) is 12.3 Å². The fourth-order valence-corrected chi connectivity index (χ4v) is 1.42. The van der Waals surface area contributed by atoms with Crippen molar-refractivity contribution in [2.45, 2.75) is 32.2 Å². The first-order chi connectivity index (χ1) is 7.70. The Morgan fingerprint density at radius 2 is 2.44 bits per heavy atom. The van der Waals surface area contributed by atoms with Gasteiger partial charge in [-0.15, -0.1) is 0 Å². The van der Waals surface area contributed by atoms with Gasteiger partial charge in [0, 0.05) is 6.20 Å². The summed E-state index contributed by atoms with van der Waals surface area (Å²) in [6.45, 7) is 2.15. The Morgan fingerprint density at radius 3 is 3.06 bits per heavy atom. The van der Waals surface area contributed by atoms with Crippen molar-refractivity contribution in [2.75, 3.05) is 13.7 Å². The fraction of sp³-hybridized carbons (Fsp3) is 0.636. The van der Waals surface area contributed by atoms with Gasteiger partial charge in [-0.2, -0.15) is 0 Å². The number of cyclic esters (lactones) is 1. The fourth-order valence-electron chi connectivity index (χ4n) is 1.42. The second-order valence-corrected chi connectivity index (χ2v) is 3.55. The number of nitrogens with zero attached hydrogens (tertiary/aromatic N) is 1. The van der Waals surface area contributed by atoms with Crippen molar-refractivity contribution in [3.63, 3.8) is 0 Å². The molecule has 5 heteroatoms. The van der Waals surface area contributed by atoms with Crippen LogP contribution in [0.2, 0.25) is 0 Å². The van der Waals surface area contributed by atoms with Gasteiger partial charge in [0.05, 0.1) is 7.11 Å². The maximum Gasteiger partial charge on any atom is 0.414 e. The van der Waals surface area contributed by atoms with Crippen LogP contribution >= 0.6 is 0 Å². The van der Waals surface area contributed by atoms with E-state index < -0.39 is 18.1 Å². The van der Waals surface area contributed by atoms with Crippen LogP contribution in [0.5, 0.6) is 0 Å². The molecule has 0 aromatic rings. The number of amides is 1. The molecule has 1 heterocycles. The van der Waals surface area contributed by atoms with E-state index in [1.54, 1.807) is 6.20 Å². The highest BCUT2D eigenvalue weighted by molar-refractivity contribution is 5.84. The molecule has 0 aromatic carbocycles. The molecule has 1 rings (SSSR count). The molecule has 1 atom stereocenters. The van der Waals surface area contributed by atoms with Crippen molar-refractivity contribution in [3.8, 4) is 0 Å². The maximum absolute atomic E-state index is 11.3. The van der Waals surface area contributed by atoms with Crippen LogP contribution in [0.3, 0.4) is 0 Å². The highest BCUT2D eigenvalue weighted by Gasteiger charge is 2.37. The van der Waals surface area contributed by atoms with Crippen molar-refractivity contribution in [2.24, 2.45) is 0 Å². The van der Waals surface area contributed by atoms with Crippen molar-refractivity contribution in [1.82, 2.24) is 4.90 Å². The molecule has 0 unspecified atom stereocenters. The second kappa shape index (κ2) is 6.15. The van der Waals surface area contributed by atoms with Crippen molar-refractivity contribution in [3.05, 3.63) is 12.3 Å². The summed E-state index contributed by atoms with van der Waals surface area (Å²) in [5.74, 6) is -0.453. The monoisotopic (exact) mass is 227 g/mol. The first-order valence-corrected chi connectivity index (χ1v) is 5.40. The first-order valence-electron chi connectivity index (χ1n) is 5.40. The lowest BCUT2D eigenvalue weighted by Gasteiger charge is -2.14. The largest absolute Gasteiger partial charge is 0.467 e. The molecule has 5 nitrogen and oxygen atoms in total. The van der Waals surface area contributed by atoms with E-state index in [0.29, 0.717) is 0 Å². The van der Waals surface area contributed by atoms with Gasteiger partial charge in [-0.3, -0.25) is 4.90 Å². The van der Waals surface area contributed by atoms with Gasteiger partial charge < -0.3 is 9.47 Å². The number of methoxy groups -OCH3 is 1. The van der Waals surface area contributed by atoms with Gasteiger partial charge in [-0.05, 0) is 6.42 Å². The predicted octanol–water partition coefficient (Wildman–Crippen LogP) is 1.68. The van der Waals surface area contributed by atoms with Crippen LogP contribution in [-0.4, -0.2) is 36.7 Å². The number of unbranched alkanes of at least 4 members (excludes halogenated alkanes) is 2. The third kappa shape index (κ3) is 2.98. The van der Waals surface area contributed by atoms with E-state index in [1.807, 2.05) is 6.08 Å². The second-order valence-electron chi connectivity index (χ2n) is 3.55. The highest BCUT2D eigenvalue weighted by Crippen LogP contribution is 2.14.